The number of amides is 1. The van der Waals surface area contributed by atoms with E-state index in [2.05, 4.69) is 0 Å². The van der Waals surface area contributed by atoms with E-state index in [9.17, 15) is 39.3 Å². The van der Waals surface area contributed by atoms with E-state index in [-0.39, 0.29) is 74.1 Å². The van der Waals surface area contributed by atoms with E-state index in [0.29, 0.717) is 82.5 Å². The Morgan fingerprint density at radius 2 is 1.61 bits per heavy atom. The second-order valence-electron chi connectivity index (χ2n) is 22.3. The van der Waals surface area contributed by atoms with Gasteiger partial charge in [0, 0.05) is 71.2 Å². The van der Waals surface area contributed by atoms with Crippen LogP contribution in [0, 0.1) is 41.4 Å². The molecular weight excluding hydrogens is 951 g/mol. The van der Waals surface area contributed by atoms with Crippen LogP contribution in [0.15, 0.2) is 47.6 Å². The second kappa shape index (κ2) is 29.9. The lowest BCUT2D eigenvalue weighted by Gasteiger charge is -2.43. The van der Waals surface area contributed by atoms with Crippen LogP contribution in [0.4, 0.5) is 0 Å². The molecule has 0 aromatic carbocycles. The zero-order valence-corrected chi connectivity index (χ0v) is 46.0. The first-order valence-electron chi connectivity index (χ1n) is 27.7. The lowest BCUT2D eigenvalue weighted by atomic mass is 9.78. The van der Waals surface area contributed by atoms with Crippen LogP contribution >= 0.6 is 0 Å². The number of hydrogen-bond acceptors (Lipinski definition) is 15. The Morgan fingerprint density at radius 1 is 0.838 bits per heavy atom. The average Bonchev–Trinajstić information content (AvgIpc) is 3.91. The van der Waals surface area contributed by atoms with Gasteiger partial charge in [-0.15, -0.1) is 0 Å². The summed E-state index contributed by atoms with van der Waals surface area (Å²) in [6.45, 7) is 14.9. The quantitative estimate of drug-likeness (QED) is 0.102. The predicted molar refractivity (Wildman–Crippen MR) is 278 cm³/mol. The maximum atomic E-state index is 14.6. The van der Waals surface area contributed by atoms with Gasteiger partial charge in [-0.2, -0.15) is 0 Å². The molecule has 0 aromatic rings. The lowest BCUT2D eigenvalue weighted by molar-refractivity contribution is -0.266. The highest BCUT2D eigenvalue weighted by molar-refractivity contribution is 6.39. The number of allylic oxidation sites excluding steroid dienone is 6. The molecule has 74 heavy (non-hydrogen) atoms. The minimum atomic E-state index is -2.45. The highest BCUT2D eigenvalue weighted by atomic mass is 16.6. The van der Waals surface area contributed by atoms with Crippen LogP contribution in [0.25, 0.3) is 0 Å². The van der Waals surface area contributed by atoms with Gasteiger partial charge in [-0.3, -0.25) is 19.2 Å². The number of fused-ring (bicyclic) bond motifs is 3. The number of nitrogens with zero attached hydrogens (tertiary/aromatic N) is 1. The van der Waals surface area contributed by atoms with Gasteiger partial charge >= 0.3 is 5.97 Å². The Labute approximate surface area is 440 Å². The van der Waals surface area contributed by atoms with Crippen LogP contribution in [0.3, 0.4) is 0 Å². The van der Waals surface area contributed by atoms with Crippen LogP contribution in [-0.2, 0) is 57.1 Å². The molecule has 4 aliphatic heterocycles. The highest BCUT2D eigenvalue weighted by Gasteiger charge is 2.53. The summed E-state index contributed by atoms with van der Waals surface area (Å²) < 4.78 is 42.1. The SMILES string of the molecule is COC1CC(CC(C)C2CC(=O)C(C)/C=C(\C)C(O)C(OC)C(=O)C(C)C[C@H](C)/C=C/C=C/C=C(\C)C(OCCC3CCOC3)CC3CCC(C)C(O)(O3)C(=O)C(=O)N3CCCCC3C(=O)O2)CCC1OCCO. The maximum Gasteiger partial charge on any atom is 0.329 e. The molecular formula is C58H91NO15. The summed E-state index contributed by atoms with van der Waals surface area (Å²) in [5.41, 5.74) is 1.29. The summed E-state index contributed by atoms with van der Waals surface area (Å²) in [5.74, 6) is -7.62. The fraction of sp³-hybridized carbons (Fsp3) is 0.776. The van der Waals surface area contributed by atoms with Crippen LogP contribution in [0.1, 0.15) is 138 Å². The first-order chi connectivity index (χ1) is 35.3. The van der Waals surface area contributed by atoms with Gasteiger partial charge in [-0.05, 0) is 126 Å². The molecule has 2 bridgehead atoms. The van der Waals surface area contributed by atoms with Gasteiger partial charge in [0.2, 0.25) is 5.79 Å². The molecule has 4 fully saturated rings. The van der Waals surface area contributed by atoms with Crippen molar-refractivity contribution in [2.75, 3.05) is 53.8 Å². The summed E-state index contributed by atoms with van der Waals surface area (Å²) in [5, 5.41) is 33.1. The average molecular weight is 1040 g/mol. The minimum absolute atomic E-state index is 0.00554. The fourth-order valence-electron chi connectivity index (χ4n) is 11.6. The highest BCUT2D eigenvalue weighted by Crippen LogP contribution is 2.38. The fourth-order valence-corrected chi connectivity index (χ4v) is 11.6. The third-order valence-electron chi connectivity index (χ3n) is 16.5. The molecule has 0 radical (unpaired) electrons. The molecule has 16 nitrogen and oxygen atoms in total. The molecule has 5 aliphatic rings. The van der Waals surface area contributed by atoms with Gasteiger partial charge in [0.25, 0.3) is 11.7 Å². The van der Waals surface area contributed by atoms with Crippen molar-refractivity contribution in [3.05, 3.63) is 47.6 Å². The van der Waals surface area contributed by atoms with Crippen LogP contribution in [0.2, 0.25) is 0 Å². The van der Waals surface area contributed by atoms with Gasteiger partial charge in [-0.25, -0.2) is 4.79 Å². The van der Waals surface area contributed by atoms with Gasteiger partial charge in [0.15, 0.2) is 5.78 Å². The van der Waals surface area contributed by atoms with E-state index in [1.807, 2.05) is 58.1 Å². The maximum absolute atomic E-state index is 14.6. The predicted octanol–water partition coefficient (Wildman–Crippen LogP) is 6.99. The molecule has 5 rings (SSSR count). The van der Waals surface area contributed by atoms with E-state index in [1.54, 1.807) is 34.0 Å². The van der Waals surface area contributed by atoms with E-state index in [1.165, 1.54) is 12.0 Å². The third kappa shape index (κ3) is 17.0. The van der Waals surface area contributed by atoms with E-state index < -0.39 is 77.8 Å². The Kier molecular flexibility index (Phi) is 24.8. The molecule has 418 valence electrons. The van der Waals surface area contributed by atoms with Crippen molar-refractivity contribution in [2.24, 2.45) is 41.4 Å². The number of rotatable bonds is 12. The summed E-state index contributed by atoms with van der Waals surface area (Å²) in [4.78, 5) is 72.9. The Morgan fingerprint density at radius 3 is 2.31 bits per heavy atom. The number of ether oxygens (including phenoxy) is 7. The number of aliphatic hydroxyl groups is 3. The molecule has 1 saturated carbocycles. The molecule has 0 aromatic heterocycles. The Bertz CT molecular complexity index is 1960. The molecule has 0 spiro atoms. The second-order valence-corrected chi connectivity index (χ2v) is 22.3. The van der Waals surface area contributed by atoms with Crippen LogP contribution < -0.4 is 0 Å². The van der Waals surface area contributed by atoms with Crippen molar-refractivity contribution in [2.45, 2.75) is 193 Å². The van der Waals surface area contributed by atoms with Crippen molar-refractivity contribution in [1.82, 2.24) is 4.90 Å². The van der Waals surface area contributed by atoms with Crippen molar-refractivity contribution < 1.29 is 72.5 Å². The number of cyclic esters (lactones) is 1. The summed E-state index contributed by atoms with van der Waals surface area (Å²) in [7, 11) is 3.02. The zero-order valence-electron chi connectivity index (χ0n) is 46.0. The number of esters is 1. The van der Waals surface area contributed by atoms with Gasteiger partial charge in [0.1, 0.15) is 30.1 Å². The number of methoxy groups -OCH3 is 2. The number of aliphatic hydroxyl groups excluding tert-OH is 2. The molecule has 16 heteroatoms. The van der Waals surface area contributed by atoms with Crippen LogP contribution in [0.5, 0.6) is 0 Å². The van der Waals surface area contributed by atoms with Gasteiger partial charge in [-0.1, -0.05) is 71.1 Å². The van der Waals surface area contributed by atoms with Crippen molar-refractivity contribution >= 4 is 29.2 Å². The molecule has 15 unspecified atom stereocenters. The van der Waals surface area contributed by atoms with Gasteiger partial charge in [0.05, 0.1) is 37.6 Å². The summed E-state index contributed by atoms with van der Waals surface area (Å²) in [6.07, 6.45) is 13.8. The van der Waals surface area contributed by atoms with Crippen molar-refractivity contribution in [3.8, 4) is 0 Å². The van der Waals surface area contributed by atoms with Crippen molar-refractivity contribution in [1.29, 1.82) is 0 Å². The Hall–Kier alpha value is -3.45. The molecule has 4 heterocycles. The smallest absolute Gasteiger partial charge is 0.329 e. The van der Waals surface area contributed by atoms with Gasteiger partial charge < -0.3 is 53.4 Å². The molecule has 3 N–H and O–H groups in total. The Balaban J connectivity index is 1.46. The normalized spacial score (nSPS) is 39.0. The number of carbonyl (C=O) groups excluding carboxylic acids is 5. The molecule has 16 atom stereocenters. The van der Waals surface area contributed by atoms with E-state index in [4.69, 9.17) is 33.2 Å². The first kappa shape index (κ1) is 61.4. The van der Waals surface area contributed by atoms with E-state index in [0.717, 1.165) is 31.4 Å². The summed E-state index contributed by atoms with van der Waals surface area (Å²) >= 11 is 0. The first-order valence-corrected chi connectivity index (χ1v) is 27.7. The number of carbonyl (C=O) groups is 5. The number of Topliss-reactive ketones (excluding diaryl/α,β-unsaturated/α-hetero) is 3. The van der Waals surface area contributed by atoms with Crippen molar-refractivity contribution in [3.63, 3.8) is 0 Å². The topological polar surface area (TPSA) is 214 Å². The van der Waals surface area contributed by atoms with E-state index >= 15 is 0 Å². The summed E-state index contributed by atoms with van der Waals surface area (Å²) in [6, 6.07) is -1.15. The molecule has 3 saturated heterocycles. The zero-order chi connectivity index (χ0) is 54.1. The number of ketones is 3. The number of piperidine rings is 1. The number of hydrogen-bond donors (Lipinski definition) is 3. The minimum Gasteiger partial charge on any atom is -0.460 e. The third-order valence-corrected chi connectivity index (χ3v) is 16.5. The van der Waals surface area contributed by atoms with Crippen LogP contribution in [-0.4, -0.2) is 158 Å². The monoisotopic (exact) mass is 1040 g/mol. The molecule has 1 aliphatic carbocycles. The lowest BCUT2D eigenvalue weighted by Crippen LogP contribution is -2.61. The largest absolute Gasteiger partial charge is 0.460 e. The standard InChI is InChI=1S/C58H91NO15/c1-36-15-11-10-12-16-37(2)49(71-27-23-43-22-26-70-35-43)33-45-20-18-42(7)58(67,74-45)55(64)56(65)59-24-14-13-17-46(59)57(66)73-50(39(4)31-44-19-21-48(72-28-25-60)51(32-44)68-8)34-47(61)38(3)30-41(6)53(63)54(69-9)52(62)40(5)29-36/h10-12,15-16,30,36,38-40,42-46,48-51,53-54,60,63,67H,13-14,17-29,31-35H2,1-9H3/b12-10+,15-11+,37-16+,41-30+/t36-,38?,39?,40?,42?,43?,44?,45?,46?,48?,49?,50?,51?,53?,54?,58?/m1/s1. The molecule has 1 amide bonds.